The van der Waals surface area contributed by atoms with Gasteiger partial charge in [-0.25, -0.2) is 0 Å². The lowest BCUT2D eigenvalue weighted by molar-refractivity contribution is 0.0931. The number of nitrogens with two attached hydrogens (primary N) is 1. The molecule has 4 N–H and O–H groups in total. The smallest absolute Gasteiger partial charge is 0.253 e. The molecule has 0 aliphatic heterocycles. The van der Waals surface area contributed by atoms with E-state index in [-0.39, 0.29) is 11.3 Å². The van der Waals surface area contributed by atoms with E-state index in [0.29, 0.717) is 17.8 Å². The molecule has 5 heteroatoms. The number of nitrogens with one attached hydrogen (secondary N) is 2. The highest BCUT2D eigenvalue weighted by Gasteiger charge is 2.21. The first-order valence-electron chi connectivity index (χ1n) is 7.08. The monoisotopic (exact) mass is 288 g/mol. The molecule has 0 spiro atoms. The lowest BCUT2D eigenvalue weighted by atomic mass is 9.93. The number of hydrogen-bond donors (Lipinski definition) is 3. The SMILES string of the molecule is CN(C)CC(C)(C)CNC(=O)c1c[nH]c2cc(N)ccc12. The van der Waals surface area contributed by atoms with E-state index < -0.39 is 0 Å². The van der Waals surface area contributed by atoms with E-state index in [4.69, 9.17) is 5.73 Å². The second kappa shape index (κ2) is 5.77. The van der Waals surface area contributed by atoms with E-state index >= 15 is 0 Å². The molecule has 2 aromatic rings. The minimum Gasteiger partial charge on any atom is -0.399 e. The Hall–Kier alpha value is -2.01. The summed E-state index contributed by atoms with van der Waals surface area (Å²) in [5.41, 5.74) is 7.99. The number of H-pyrrole nitrogens is 1. The molecule has 0 saturated carbocycles. The fourth-order valence-corrected chi connectivity index (χ4v) is 2.66. The number of anilines is 1. The molecule has 0 atom stereocenters. The normalized spacial score (nSPS) is 12.0. The Bertz CT molecular complexity index is 643. The fourth-order valence-electron chi connectivity index (χ4n) is 2.66. The Morgan fingerprint density at radius 3 is 2.76 bits per heavy atom. The molecule has 0 radical (unpaired) electrons. The number of carbonyl (C=O) groups is 1. The summed E-state index contributed by atoms with van der Waals surface area (Å²) in [5, 5.41) is 3.92. The van der Waals surface area contributed by atoms with Crippen LogP contribution in [0.15, 0.2) is 24.4 Å². The second-order valence-corrected chi connectivity index (χ2v) is 6.59. The van der Waals surface area contributed by atoms with Gasteiger partial charge in [0.2, 0.25) is 0 Å². The zero-order valence-corrected chi connectivity index (χ0v) is 13.2. The van der Waals surface area contributed by atoms with E-state index in [0.717, 1.165) is 17.4 Å². The van der Waals surface area contributed by atoms with Crippen LogP contribution in [0, 0.1) is 5.41 Å². The predicted molar refractivity (Wildman–Crippen MR) is 87.4 cm³/mol. The molecule has 2 rings (SSSR count). The molecule has 114 valence electrons. The third-order valence-corrected chi connectivity index (χ3v) is 3.42. The molecule has 0 fully saturated rings. The third-order valence-electron chi connectivity index (χ3n) is 3.42. The number of nitrogens with zero attached hydrogens (tertiary/aromatic N) is 1. The molecular weight excluding hydrogens is 264 g/mol. The Kier molecular flexibility index (Phi) is 4.23. The molecule has 0 bridgehead atoms. The van der Waals surface area contributed by atoms with Gasteiger partial charge in [-0.3, -0.25) is 4.79 Å². The first-order chi connectivity index (χ1) is 9.78. The maximum Gasteiger partial charge on any atom is 0.253 e. The van der Waals surface area contributed by atoms with Gasteiger partial charge in [-0.1, -0.05) is 13.8 Å². The van der Waals surface area contributed by atoms with Crippen LogP contribution in [0.3, 0.4) is 0 Å². The van der Waals surface area contributed by atoms with E-state index in [2.05, 4.69) is 29.0 Å². The first kappa shape index (κ1) is 15.4. The summed E-state index contributed by atoms with van der Waals surface area (Å²) < 4.78 is 0. The lowest BCUT2D eigenvalue weighted by Crippen LogP contribution is -2.39. The molecule has 1 aromatic heterocycles. The highest BCUT2D eigenvalue weighted by molar-refractivity contribution is 6.07. The third kappa shape index (κ3) is 3.76. The highest BCUT2D eigenvalue weighted by Crippen LogP contribution is 2.21. The van der Waals surface area contributed by atoms with E-state index in [1.54, 1.807) is 6.20 Å². The maximum absolute atomic E-state index is 12.4. The zero-order valence-electron chi connectivity index (χ0n) is 13.2. The summed E-state index contributed by atoms with van der Waals surface area (Å²) in [6, 6.07) is 5.52. The van der Waals surface area contributed by atoms with Crippen LogP contribution >= 0.6 is 0 Å². The zero-order chi connectivity index (χ0) is 15.6. The van der Waals surface area contributed by atoms with Gasteiger partial charge in [0.05, 0.1) is 5.56 Å². The van der Waals surface area contributed by atoms with Gasteiger partial charge < -0.3 is 20.9 Å². The van der Waals surface area contributed by atoms with Crippen LogP contribution in [0.5, 0.6) is 0 Å². The number of fused-ring (bicyclic) bond motifs is 1. The van der Waals surface area contributed by atoms with Gasteiger partial charge in [0.15, 0.2) is 0 Å². The van der Waals surface area contributed by atoms with Crippen molar-refractivity contribution in [2.75, 3.05) is 32.9 Å². The van der Waals surface area contributed by atoms with Crippen LogP contribution < -0.4 is 11.1 Å². The van der Waals surface area contributed by atoms with Crippen LogP contribution in [0.25, 0.3) is 10.9 Å². The summed E-state index contributed by atoms with van der Waals surface area (Å²) in [4.78, 5) is 17.6. The van der Waals surface area contributed by atoms with Gasteiger partial charge in [-0.05, 0) is 37.7 Å². The molecule has 0 aliphatic carbocycles. The molecule has 0 aliphatic rings. The van der Waals surface area contributed by atoms with Gasteiger partial charge in [-0.2, -0.15) is 0 Å². The Morgan fingerprint density at radius 2 is 2.10 bits per heavy atom. The maximum atomic E-state index is 12.4. The quantitative estimate of drug-likeness (QED) is 0.737. The van der Waals surface area contributed by atoms with Crippen LogP contribution in [0.4, 0.5) is 5.69 Å². The number of rotatable bonds is 5. The van der Waals surface area contributed by atoms with Gasteiger partial charge in [0.25, 0.3) is 5.91 Å². The standard InChI is InChI=1S/C16H24N4O/c1-16(2,10-20(3)4)9-19-15(21)13-8-18-14-7-11(17)5-6-12(13)14/h5-8,18H,9-10,17H2,1-4H3,(H,19,21). The number of hydrogen-bond acceptors (Lipinski definition) is 3. The van der Waals surface area contributed by atoms with Gasteiger partial charge in [0, 0.05) is 35.9 Å². The largest absolute Gasteiger partial charge is 0.399 e. The minimum atomic E-state index is -0.0575. The number of aromatic amines is 1. The van der Waals surface area contributed by atoms with E-state index in [9.17, 15) is 4.79 Å². The first-order valence-corrected chi connectivity index (χ1v) is 7.08. The molecule has 1 aromatic carbocycles. The number of nitrogen functional groups attached to an aromatic ring is 1. The van der Waals surface area contributed by atoms with Crippen molar-refractivity contribution < 1.29 is 4.79 Å². The average Bonchev–Trinajstić information content (AvgIpc) is 2.77. The topological polar surface area (TPSA) is 74.2 Å². The number of amides is 1. The molecule has 0 unspecified atom stereocenters. The van der Waals surface area contributed by atoms with Gasteiger partial charge >= 0.3 is 0 Å². The van der Waals surface area contributed by atoms with Crippen molar-refractivity contribution in [1.29, 1.82) is 0 Å². The Labute approximate surface area is 125 Å². The molecule has 0 saturated heterocycles. The van der Waals surface area contributed by atoms with E-state index in [1.165, 1.54) is 0 Å². The van der Waals surface area contributed by atoms with Crippen molar-refractivity contribution in [1.82, 2.24) is 15.2 Å². The van der Waals surface area contributed by atoms with Crippen LogP contribution in [0.1, 0.15) is 24.2 Å². The van der Waals surface area contributed by atoms with Crippen LogP contribution in [-0.2, 0) is 0 Å². The number of benzene rings is 1. The molecule has 1 amide bonds. The van der Waals surface area contributed by atoms with Crippen LogP contribution in [-0.4, -0.2) is 43.0 Å². The van der Waals surface area contributed by atoms with Crippen molar-refractivity contribution in [3.05, 3.63) is 30.0 Å². The van der Waals surface area contributed by atoms with Gasteiger partial charge in [-0.15, -0.1) is 0 Å². The molecule has 5 nitrogen and oxygen atoms in total. The summed E-state index contributed by atoms with van der Waals surface area (Å²) in [5.74, 6) is -0.0575. The lowest BCUT2D eigenvalue weighted by Gasteiger charge is -2.28. The van der Waals surface area contributed by atoms with Crippen molar-refractivity contribution in [3.63, 3.8) is 0 Å². The van der Waals surface area contributed by atoms with Crippen molar-refractivity contribution in [2.45, 2.75) is 13.8 Å². The molecule has 21 heavy (non-hydrogen) atoms. The fraction of sp³-hybridized carbons (Fsp3) is 0.438. The predicted octanol–water partition coefficient (Wildman–Crippen LogP) is 2.07. The molecule has 1 heterocycles. The Balaban J connectivity index is 2.09. The van der Waals surface area contributed by atoms with Gasteiger partial charge in [0.1, 0.15) is 0 Å². The number of aromatic nitrogens is 1. The summed E-state index contributed by atoms with van der Waals surface area (Å²) >= 11 is 0. The van der Waals surface area contributed by atoms with Crippen LogP contribution in [0.2, 0.25) is 0 Å². The minimum absolute atomic E-state index is 0.0235. The Morgan fingerprint density at radius 1 is 1.38 bits per heavy atom. The summed E-state index contributed by atoms with van der Waals surface area (Å²) in [6.45, 7) is 5.83. The summed E-state index contributed by atoms with van der Waals surface area (Å²) in [6.07, 6.45) is 1.73. The highest BCUT2D eigenvalue weighted by atomic mass is 16.1. The van der Waals surface area contributed by atoms with Crippen molar-refractivity contribution in [2.24, 2.45) is 5.41 Å². The second-order valence-electron chi connectivity index (χ2n) is 6.59. The van der Waals surface area contributed by atoms with Crippen molar-refractivity contribution >= 4 is 22.5 Å². The average molecular weight is 288 g/mol. The summed E-state index contributed by atoms with van der Waals surface area (Å²) in [7, 11) is 4.07. The molecular formula is C16H24N4O. The number of carbonyl (C=O) groups excluding carboxylic acids is 1. The van der Waals surface area contributed by atoms with E-state index in [1.807, 2.05) is 32.3 Å². The van der Waals surface area contributed by atoms with Crippen molar-refractivity contribution in [3.8, 4) is 0 Å².